The topological polar surface area (TPSA) is 27.8 Å². The summed E-state index contributed by atoms with van der Waals surface area (Å²) >= 11 is 0. The van der Waals surface area contributed by atoms with Crippen molar-refractivity contribution in [2.75, 3.05) is 6.54 Å². The van der Waals surface area contributed by atoms with Gasteiger partial charge < -0.3 is 10.3 Å². The average Bonchev–Trinajstić information content (AvgIpc) is 2.89. The van der Waals surface area contributed by atoms with Crippen molar-refractivity contribution in [3.05, 3.63) is 70.4 Å². The highest BCUT2D eigenvalue weighted by atomic mass is 35.5. The second kappa shape index (κ2) is 7.67. The smallest absolute Gasteiger partial charge is 0.0456 e. The molecule has 0 aliphatic heterocycles. The van der Waals surface area contributed by atoms with Gasteiger partial charge in [0.05, 0.1) is 0 Å². The van der Waals surface area contributed by atoms with Gasteiger partial charge in [0, 0.05) is 23.6 Å². The van der Waals surface area contributed by atoms with E-state index in [-0.39, 0.29) is 12.4 Å². The molecule has 0 saturated carbocycles. The molecule has 0 aliphatic rings. The fraction of sp³-hybridized carbons (Fsp3) is 0.300. The molecule has 0 spiro atoms. The lowest BCUT2D eigenvalue weighted by Crippen LogP contribution is -2.18. The van der Waals surface area contributed by atoms with Gasteiger partial charge in [-0.05, 0) is 62.1 Å². The van der Waals surface area contributed by atoms with Gasteiger partial charge in [0.1, 0.15) is 0 Å². The van der Waals surface area contributed by atoms with Gasteiger partial charge in [-0.1, -0.05) is 35.9 Å². The summed E-state index contributed by atoms with van der Waals surface area (Å²) in [5.41, 5.74) is 8.17. The summed E-state index contributed by atoms with van der Waals surface area (Å²) < 4.78 is 0. The van der Waals surface area contributed by atoms with Gasteiger partial charge in [0.15, 0.2) is 0 Å². The number of aryl methyl sites for hydroxylation is 3. The molecular weight excluding hydrogens is 304 g/mol. The first-order valence-electron chi connectivity index (χ1n) is 7.97. The molecule has 0 aliphatic carbocycles. The lowest BCUT2D eigenvalue weighted by atomic mass is 10.00. The summed E-state index contributed by atoms with van der Waals surface area (Å²) in [7, 11) is 0. The Kier molecular flexibility index (Phi) is 5.86. The number of para-hydroxylation sites is 1. The molecule has 0 bridgehead atoms. The van der Waals surface area contributed by atoms with Crippen LogP contribution in [0.3, 0.4) is 0 Å². The van der Waals surface area contributed by atoms with Crippen molar-refractivity contribution in [2.24, 2.45) is 0 Å². The molecule has 2 nitrogen and oxygen atoms in total. The molecule has 1 heterocycles. The summed E-state index contributed by atoms with van der Waals surface area (Å²) in [4.78, 5) is 3.34. The van der Waals surface area contributed by atoms with Crippen molar-refractivity contribution in [3.8, 4) is 0 Å². The van der Waals surface area contributed by atoms with E-state index in [2.05, 4.69) is 73.7 Å². The minimum atomic E-state index is 0. The Hall–Kier alpha value is -1.77. The molecule has 3 rings (SSSR count). The number of hydrogen-bond acceptors (Lipinski definition) is 1. The quantitative estimate of drug-likeness (QED) is 0.644. The standard InChI is InChI=1S/C20H24N2.ClH/c1-14-10-15(2)19(16(3)11-14)13-21-9-8-17-12-22-20-7-5-4-6-18(17)20;/h4-7,10-12,21-22H,8-9,13H2,1-3H3;1H. The van der Waals surface area contributed by atoms with Gasteiger partial charge in [-0.2, -0.15) is 0 Å². The third-order valence-corrected chi connectivity index (χ3v) is 4.39. The van der Waals surface area contributed by atoms with Crippen LogP contribution in [0.4, 0.5) is 0 Å². The molecule has 0 radical (unpaired) electrons. The molecular formula is C20H25ClN2. The number of fused-ring (bicyclic) bond motifs is 1. The number of rotatable bonds is 5. The van der Waals surface area contributed by atoms with Crippen LogP contribution >= 0.6 is 12.4 Å². The Balaban J connectivity index is 0.00000192. The van der Waals surface area contributed by atoms with E-state index in [1.807, 2.05) is 0 Å². The van der Waals surface area contributed by atoms with Crippen LogP contribution in [0.2, 0.25) is 0 Å². The van der Waals surface area contributed by atoms with Gasteiger partial charge >= 0.3 is 0 Å². The Morgan fingerprint density at radius 3 is 2.43 bits per heavy atom. The molecule has 23 heavy (non-hydrogen) atoms. The van der Waals surface area contributed by atoms with E-state index < -0.39 is 0 Å². The zero-order chi connectivity index (χ0) is 15.5. The van der Waals surface area contributed by atoms with E-state index in [9.17, 15) is 0 Å². The van der Waals surface area contributed by atoms with Gasteiger partial charge in [-0.15, -0.1) is 12.4 Å². The van der Waals surface area contributed by atoms with Crippen LogP contribution in [0.5, 0.6) is 0 Å². The first-order valence-corrected chi connectivity index (χ1v) is 7.97. The highest BCUT2D eigenvalue weighted by Crippen LogP contribution is 2.18. The van der Waals surface area contributed by atoms with Gasteiger partial charge in [0.2, 0.25) is 0 Å². The molecule has 2 aromatic carbocycles. The lowest BCUT2D eigenvalue weighted by Gasteiger charge is -2.12. The molecule has 2 N–H and O–H groups in total. The van der Waals surface area contributed by atoms with Crippen molar-refractivity contribution >= 4 is 23.3 Å². The minimum absolute atomic E-state index is 0. The van der Waals surface area contributed by atoms with Crippen molar-refractivity contribution in [3.63, 3.8) is 0 Å². The van der Waals surface area contributed by atoms with Crippen LogP contribution in [0.25, 0.3) is 10.9 Å². The first kappa shape index (κ1) is 17.6. The third-order valence-electron chi connectivity index (χ3n) is 4.39. The maximum absolute atomic E-state index is 3.59. The first-order chi connectivity index (χ1) is 10.6. The van der Waals surface area contributed by atoms with Crippen LogP contribution in [0, 0.1) is 20.8 Å². The maximum Gasteiger partial charge on any atom is 0.0456 e. The van der Waals surface area contributed by atoms with Gasteiger partial charge in [0.25, 0.3) is 0 Å². The van der Waals surface area contributed by atoms with Gasteiger partial charge in [-0.3, -0.25) is 0 Å². The highest BCUT2D eigenvalue weighted by molar-refractivity contribution is 5.85. The molecule has 0 atom stereocenters. The zero-order valence-corrected chi connectivity index (χ0v) is 14.9. The largest absolute Gasteiger partial charge is 0.361 e. The molecule has 0 unspecified atom stereocenters. The maximum atomic E-state index is 3.59. The molecule has 122 valence electrons. The predicted octanol–water partition coefficient (Wildman–Crippen LogP) is 4.85. The van der Waals surface area contributed by atoms with Crippen molar-refractivity contribution < 1.29 is 0 Å². The second-order valence-corrected chi connectivity index (χ2v) is 6.16. The summed E-state index contributed by atoms with van der Waals surface area (Å²) in [6.45, 7) is 8.51. The summed E-state index contributed by atoms with van der Waals surface area (Å²) in [5, 5.41) is 4.93. The van der Waals surface area contributed by atoms with E-state index >= 15 is 0 Å². The van der Waals surface area contributed by atoms with E-state index in [1.165, 1.54) is 38.7 Å². The van der Waals surface area contributed by atoms with Gasteiger partial charge in [-0.25, -0.2) is 0 Å². The normalized spacial score (nSPS) is 10.7. The number of hydrogen-bond donors (Lipinski definition) is 2. The Morgan fingerprint density at radius 2 is 1.70 bits per heavy atom. The molecule has 3 aromatic rings. The average molecular weight is 329 g/mol. The van der Waals surface area contributed by atoms with E-state index in [0.29, 0.717) is 0 Å². The van der Waals surface area contributed by atoms with Crippen LogP contribution in [-0.4, -0.2) is 11.5 Å². The number of benzene rings is 2. The van der Waals surface area contributed by atoms with E-state index in [4.69, 9.17) is 0 Å². The SMILES string of the molecule is Cc1cc(C)c(CNCCc2c[nH]c3ccccc23)c(C)c1.Cl. The fourth-order valence-electron chi connectivity index (χ4n) is 3.26. The monoisotopic (exact) mass is 328 g/mol. The van der Waals surface area contributed by atoms with Crippen LogP contribution in [0.15, 0.2) is 42.6 Å². The lowest BCUT2D eigenvalue weighted by molar-refractivity contribution is 0.683. The number of aromatic nitrogens is 1. The van der Waals surface area contributed by atoms with E-state index in [0.717, 1.165) is 19.5 Å². The summed E-state index contributed by atoms with van der Waals surface area (Å²) in [6, 6.07) is 13.0. The molecule has 0 amide bonds. The van der Waals surface area contributed by atoms with Crippen LogP contribution in [-0.2, 0) is 13.0 Å². The summed E-state index contributed by atoms with van der Waals surface area (Å²) in [6.07, 6.45) is 3.18. The Labute approximate surface area is 144 Å². The zero-order valence-electron chi connectivity index (χ0n) is 14.1. The Morgan fingerprint density at radius 1 is 1.00 bits per heavy atom. The number of halogens is 1. The molecule has 0 saturated heterocycles. The van der Waals surface area contributed by atoms with Crippen molar-refractivity contribution in [2.45, 2.75) is 33.7 Å². The minimum Gasteiger partial charge on any atom is -0.361 e. The molecule has 0 fully saturated rings. The highest BCUT2D eigenvalue weighted by Gasteiger charge is 2.05. The van der Waals surface area contributed by atoms with Crippen LogP contribution < -0.4 is 5.32 Å². The van der Waals surface area contributed by atoms with Crippen molar-refractivity contribution in [1.82, 2.24) is 10.3 Å². The second-order valence-electron chi connectivity index (χ2n) is 6.16. The molecule has 3 heteroatoms. The predicted molar refractivity (Wildman–Crippen MR) is 102 cm³/mol. The number of aromatic amines is 1. The summed E-state index contributed by atoms with van der Waals surface area (Å²) in [5.74, 6) is 0. The Bertz CT molecular complexity index is 766. The fourth-order valence-corrected chi connectivity index (χ4v) is 3.26. The number of H-pyrrole nitrogens is 1. The van der Waals surface area contributed by atoms with E-state index in [1.54, 1.807) is 0 Å². The van der Waals surface area contributed by atoms with Crippen LogP contribution in [0.1, 0.15) is 27.8 Å². The number of nitrogens with one attached hydrogen (secondary N) is 2. The molecule has 1 aromatic heterocycles. The van der Waals surface area contributed by atoms with Crippen molar-refractivity contribution in [1.29, 1.82) is 0 Å². The third kappa shape index (κ3) is 3.95.